The number of carbonyl (C=O) groups is 1. The van der Waals surface area contributed by atoms with Gasteiger partial charge in [0.1, 0.15) is 5.75 Å². The number of rotatable bonds is 4. The van der Waals surface area contributed by atoms with Gasteiger partial charge in [-0.2, -0.15) is 4.31 Å². The van der Waals surface area contributed by atoms with Crippen molar-refractivity contribution in [3.63, 3.8) is 0 Å². The first kappa shape index (κ1) is 19.4. The van der Waals surface area contributed by atoms with Gasteiger partial charge in [-0.3, -0.25) is 4.79 Å². The highest BCUT2D eigenvalue weighted by Gasteiger charge is 2.33. The van der Waals surface area contributed by atoms with Crippen molar-refractivity contribution >= 4 is 15.9 Å². The number of ether oxygens (including phenoxy) is 1. The second kappa shape index (κ2) is 7.36. The average Bonchev–Trinajstić information content (AvgIpc) is 3.18. The Labute approximate surface area is 159 Å². The third-order valence-electron chi connectivity index (χ3n) is 5.05. The third kappa shape index (κ3) is 3.46. The molecule has 7 nitrogen and oxygen atoms in total. The van der Waals surface area contributed by atoms with Crippen LogP contribution in [0.5, 0.6) is 5.75 Å². The van der Waals surface area contributed by atoms with Crippen molar-refractivity contribution in [1.82, 2.24) is 9.21 Å². The number of hydrogen-bond donors (Lipinski definition) is 0. The molecule has 2 heterocycles. The maximum atomic E-state index is 13.2. The summed E-state index contributed by atoms with van der Waals surface area (Å²) >= 11 is 0. The van der Waals surface area contributed by atoms with Crippen LogP contribution in [0.15, 0.2) is 33.8 Å². The van der Waals surface area contributed by atoms with Crippen LogP contribution in [0.25, 0.3) is 0 Å². The molecule has 0 unspecified atom stereocenters. The zero-order valence-corrected chi connectivity index (χ0v) is 16.8. The summed E-state index contributed by atoms with van der Waals surface area (Å²) in [5, 5.41) is 0. The Morgan fingerprint density at radius 1 is 1.11 bits per heavy atom. The lowest BCUT2D eigenvalue weighted by Gasteiger charge is -2.34. The fourth-order valence-electron chi connectivity index (χ4n) is 3.45. The van der Waals surface area contributed by atoms with Gasteiger partial charge in [-0.05, 0) is 55.7 Å². The fourth-order valence-corrected chi connectivity index (χ4v) is 5.35. The van der Waals surface area contributed by atoms with Gasteiger partial charge in [0.15, 0.2) is 5.76 Å². The molecular formula is C19H24N2O5S. The zero-order valence-electron chi connectivity index (χ0n) is 16.0. The number of amides is 1. The van der Waals surface area contributed by atoms with Crippen LogP contribution in [0.2, 0.25) is 0 Å². The highest BCUT2D eigenvalue weighted by molar-refractivity contribution is 7.89. The van der Waals surface area contributed by atoms with Crippen molar-refractivity contribution < 1.29 is 22.4 Å². The topological polar surface area (TPSA) is 80.1 Å². The standard InChI is InChI=1S/C19H24N2O5S/c1-13-12-17(25-4)14(2)15(3)18(13)27(23,24)21-9-7-20(8-10-21)19(22)16-6-5-11-26-16/h5-6,11-12H,7-10H2,1-4H3. The van der Waals surface area contributed by atoms with Crippen LogP contribution in [-0.4, -0.2) is 56.8 Å². The van der Waals surface area contributed by atoms with E-state index in [4.69, 9.17) is 9.15 Å². The molecule has 1 aromatic heterocycles. The van der Waals surface area contributed by atoms with Gasteiger partial charge in [0.05, 0.1) is 18.3 Å². The lowest BCUT2D eigenvalue weighted by atomic mass is 10.1. The smallest absolute Gasteiger partial charge is 0.289 e. The van der Waals surface area contributed by atoms with Crippen molar-refractivity contribution in [3.8, 4) is 5.75 Å². The first-order valence-corrected chi connectivity index (χ1v) is 10.2. The van der Waals surface area contributed by atoms with E-state index in [9.17, 15) is 13.2 Å². The van der Waals surface area contributed by atoms with E-state index in [0.717, 1.165) is 5.56 Å². The van der Waals surface area contributed by atoms with Gasteiger partial charge in [-0.15, -0.1) is 0 Å². The molecule has 27 heavy (non-hydrogen) atoms. The Morgan fingerprint density at radius 3 is 2.33 bits per heavy atom. The Balaban J connectivity index is 1.82. The van der Waals surface area contributed by atoms with Gasteiger partial charge >= 0.3 is 0 Å². The molecule has 2 aromatic rings. The number of methoxy groups -OCH3 is 1. The molecular weight excluding hydrogens is 368 g/mol. The SMILES string of the molecule is COc1cc(C)c(S(=O)(=O)N2CCN(C(=O)c3ccco3)CC2)c(C)c1C. The minimum atomic E-state index is -3.66. The van der Waals surface area contributed by atoms with Gasteiger partial charge in [-0.25, -0.2) is 8.42 Å². The largest absolute Gasteiger partial charge is 0.496 e. The average molecular weight is 392 g/mol. The molecule has 1 aliphatic heterocycles. The second-order valence-electron chi connectivity index (χ2n) is 6.65. The molecule has 0 atom stereocenters. The highest BCUT2D eigenvalue weighted by atomic mass is 32.2. The van der Waals surface area contributed by atoms with Gasteiger partial charge in [-0.1, -0.05) is 0 Å². The van der Waals surface area contributed by atoms with E-state index >= 15 is 0 Å². The monoisotopic (exact) mass is 392 g/mol. The summed E-state index contributed by atoms with van der Waals surface area (Å²) in [5.41, 5.74) is 2.17. The molecule has 0 spiro atoms. The molecule has 8 heteroatoms. The Morgan fingerprint density at radius 2 is 1.78 bits per heavy atom. The van der Waals surface area contributed by atoms with E-state index in [2.05, 4.69) is 0 Å². The molecule has 1 aromatic carbocycles. The number of nitrogens with zero attached hydrogens (tertiary/aromatic N) is 2. The predicted molar refractivity (Wildman–Crippen MR) is 101 cm³/mol. The molecule has 0 radical (unpaired) electrons. The predicted octanol–water partition coefficient (Wildman–Crippen LogP) is 2.36. The van der Waals surface area contributed by atoms with Gasteiger partial charge < -0.3 is 14.1 Å². The lowest BCUT2D eigenvalue weighted by Crippen LogP contribution is -2.50. The fraction of sp³-hybridized carbons (Fsp3) is 0.421. The number of furan rings is 1. The number of carbonyl (C=O) groups excluding carboxylic acids is 1. The molecule has 1 saturated heterocycles. The maximum Gasteiger partial charge on any atom is 0.289 e. The van der Waals surface area contributed by atoms with E-state index < -0.39 is 10.0 Å². The minimum Gasteiger partial charge on any atom is -0.496 e. The Hall–Kier alpha value is -2.32. The normalized spacial score (nSPS) is 15.8. The first-order chi connectivity index (χ1) is 12.8. The van der Waals surface area contributed by atoms with Crippen molar-refractivity contribution in [1.29, 1.82) is 0 Å². The van der Waals surface area contributed by atoms with Crippen LogP contribution in [-0.2, 0) is 10.0 Å². The highest BCUT2D eigenvalue weighted by Crippen LogP contribution is 2.32. The van der Waals surface area contributed by atoms with E-state index in [0.29, 0.717) is 34.9 Å². The molecule has 3 rings (SSSR count). The molecule has 146 valence electrons. The first-order valence-electron chi connectivity index (χ1n) is 8.75. The van der Waals surface area contributed by atoms with Crippen LogP contribution in [0.4, 0.5) is 0 Å². The van der Waals surface area contributed by atoms with Crippen molar-refractivity contribution in [2.75, 3.05) is 33.3 Å². The zero-order chi connectivity index (χ0) is 19.8. The van der Waals surface area contributed by atoms with E-state index in [1.54, 1.807) is 44.1 Å². The molecule has 1 fully saturated rings. The van der Waals surface area contributed by atoms with E-state index in [1.165, 1.54) is 10.6 Å². The van der Waals surface area contributed by atoms with Gasteiger partial charge in [0.2, 0.25) is 10.0 Å². The number of aryl methyl sites for hydroxylation is 1. The summed E-state index contributed by atoms with van der Waals surface area (Å²) in [6.07, 6.45) is 1.45. The summed E-state index contributed by atoms with van der Waals surface area (Å²) in [5.74, 6) is 0.728. The Bertz CT molecular complexity index is 943. The summed E-state index contributed by atoms with van der Waals surface area (Å²) in [6.45, 7) is 6.58. The number of hydrogen-bond acceptors (Lipinski definition) is 5. The second-order valence-corrected chi connectivity index (χ2v) is 8.52. The summed E-state index contributed by atoms with van der Waals surface area (Å²) in [4.78, 5) is 14.3. The molecule has 1 amide bonds. The maximum absolute atomic E-state index is 13.2. The Kier molecular flexibility index (Phi) is 5.30. The van der Waals surface area contributed by atoms with Crippen LogP contribution >= 0.6 is 0 Å². The number of benzene rings is 1. The number of piperazine rings is 1. The van der Waals surface area contributed by atoms with Crippen LogP contribution in [0.1, 0.15) is 27.2 Å². The summed E-state index contributed by atoms with van der Waals surface area (Å²) < 4.78 is 38.4. The summed E-state index contributed by atoms with van der Waals surface area (Å²) in [7, 11) is -2.08. The quantitative estimate of drug-likeness (QED) is 0.798. The van der Waals surface area contributed by atoms with Gasteiger partial charge in [0, 0.05) is 26.2 Å². The van der Waals surface area contributed by atoms with E-state index in [1.807, 2.05) is 6.92 Å². The van der Waals surface area contributed by atoms with Crippen molar-refractivity contribution in [2.45, 2.75) is 25.7 Å². The lowest BCUT2D eigenvalue weighted by molar-refractivity contribution is 0.0666. The minimum absolute atomic E-state index is 0.218. The van der Waals surface area contributed by atoms with Gasteiger partial charge in [0.25, 0.3) is 5.91 Å². The van der Waals surface area contributed by atoms with Crippen molar-refractivity contribution in [2.24, 2.45) is 0 Å². The van der Waals surface area contributed by atoms with Crippen LogP contribution in [0.3, 0.4) is 0 Å². The third-order valence-corrected chi connectivity index (χ3v) is 7.24. The van der Waals surface area contributed by atoms with Crippen LogP contribution < -0.4 is 4.74 Å². The summed E-state index contributed by atoms with van der Waals surface area (Å²) in [6, 6.07) is 5.02. The molecule has 0 N–H and O–H groups in total. The number of sulfonamides is 1. The van der Waals surface area contributed by atoms with Crippen LogP contribution in [0, 0.1) is 20.8 Å². The molecule has 0 aliphatic carbocycles. The molecule has 1 aliphatic rings. The molecule has 0 saturated carbocycles. The van der Waals surface area contributed by atoms with E-state index in [-0.39, 0.29) is 24.8 Å². The molecule has 0 bridgehead atoms. The van der Waals surface area contributed by atoms with Crippen molar-refractivity contribution in [3.05, 3.63) is 46.9 Å².